The summed E-state index contributed by atoms with van der Waals surface area (Å²) >= 11 is 0. The molecule has 0 aliphatic rings. The van der Waals surface area contributed by atoms with Gasteiger partial charge >= 0.3 is 0 Å². The molecule has 0 amide bonds. The third kappa shape index (κ3) is 4.48. The third-order valence-electron chi connectivity index (χ3n) is 9.48. The SMILES string of the molecule is N#Cc1c(-c2ccc([Si](c3ccccc3)(c3ccccc3)c3ccccc3)cc2)ccc(-n2c3ccccc3c3ccccc32)c1C#N. The Hall–Kier alpha value is -6.46. The van der Waals surface area contributed by atoms with Crippen LogP contribution in [0, 0.1) is 22.7 Å². The van der Waals surface area contributed by atoms with E-state index in [0.29, 0.717) is 16.8 Å². The van der Waals surface area contributed by atoms with Gasteiger partial charge in [0, 0.05) is 16.3 Å². The van der Waals surface area contributed by atoms with Crippen LogP contribution < -0.4 is 20.7 Å². The van der Waals surface area contributed by atoms with Gasteiger partial charge in [-0.3, -0.25) is 0 Å². The van der Waals surface area contributed by atoms with E-state index in [1.807, 2.05) is 36.4 Å². The molecule has 7 aromatic carbocycles. The highest BCUT2D eigenvalue weighted by Gasteiger charge is 2.41. The predicted octanol–water partition coefficient (Wildman–Crippen LogP) is 7.57. The maximum Gasteiger partial charge on any atom is 0.179 e. The topological polar surface area (TPSA) is 52.5 Å². The van der Waals surface area contributed by atoms with Crippen LogP contribution in [0.3, 0.4) is 0 Å². The fraction of sp³-hybridized carbons (Fsp3) is 0. The first-order valence-corrected chi connectivity index (χ1v) is 18.0. The smallest absolute Gasteiger partial charge is 0.179 e. The Morgan fingerprint density at radius 3 is 1.27 bits per heavy atom. The maximum absolute atomic E-state index is 10.6. The first kappa shape index (κ1) is 29.0. The Kier molecular flexibility index (Phi) is 7.27. The summed E-state index contributed by atoms with van der Waals surface area (Å²) in [6.45, 7) is 0. The van der Waals surface area contributed by atoms with Crippen LogP contribution in [0.25, 0.3) is 38.6 Å². The summed E-state index contributed by atoms with van der Waals surface area (Å²) in [4.78, 5) is 0. The van der Waals surface area contributed by atoms with Gasteiger partial charge in [-0.1, -0.05) is 158 Å². The summed E-state index contributed by atoms with van der Waals surface area (Å²) in [5.41, 5.74) is 5.10. The highest BCUT2D eigenvalue weighted by molar-refractivity contribution is 7.19. The first-order chi connectivity index (χ1) is 23.8. The van der Waals surface area contributed by atoms with E-state index >= 15 is 0 Å². The molecule has 8 aromatic rings. The van der Waals surface area contributed by atoms with Gasteiger partial charge in [-0.15, -0.1) is 0 Å². The number of nitrogens with zero attached hydrogens (tertiary/aromatic N) is 3. The van der Waals surface area contributed by atoms with Crippen molar-refractivity contribution in [2.24, 2.45) is 0 Å². The molecule has 0 N–H and O–H groups in total. The number of benzene rings is 7. The number of aromatic nitrogens is 1. The number of rotatable bonds is 6. The molecule has 8 rings (SSSR count). The van der Waals surface area contributed by atoms with Crippen molar-refractivity contribution in [2.75, 3.05) is 0 Å². The summed E-state index contributed by atoms with van der Waals surface area (Å²) in [7, 11) is -2.68. The Balaban J connectivity index is 1.32. The van der Waals surface area contributed by atoms with Gasteiger partial charge in [-0.05, 0) is 44.5 Å². The van der Waals surface area contributed by atoms with Gasteiger partial charge in [0.15, 0.2) is 8.07 Å². The molecule has 224 valence electrons. The molecule has 0 fully saturated rings. The van der Waals surface area contributed by atoms with Crippen LogP contribution in [-0.2, 0) is 0 Å². The molecule has 0 aliphatic heterocycles. The van der Waals surface area contributed by atoms with E-state index in [0.717, 1.165) is 32.9 Å². The van der Waals surface area contributed by atoms with Crippen molar-refractivity contribution in [3.63, 3.8) is 0 Å². The molecular weight excluding hydrogens is 599 g/mol. The van der Waals surface area contributed by atoms with Crippen molar-refractivity contribution in [2.45, 2.75) is 0 Å². The van der Waals surface area contributed by atoms with Gasteiger partial charge in [-0.25, -0.2) is 0 Å². The van der Waals surface area contributed by atoms with Gasteiger partial charge in [0.05, 0.1) is 27.8 Å². The Morgan fingerprint density at radius 1 is 0.396 bits per heavy atom. The van der Waals surface area contributed by atoms with Crippen LogP contribution in [0.15, 0.2) is 176 Å². The van der Waals surface area contributed by atoms with Crippen molar-refractivity contribution in [3.8, 4) is 29.0 Å². The van der Waals surface area contributed by atoms with Crippen molar-refractivity contribution < 1.29 is 0 Å². The average molecular weight is 628 g/mol. The summed E-state index contributed by atoms with van der Waals surface area (Å²) in [6, 6.07) is 66.3. The number of fused-ring (bicyclic) bond motifs is 3. The zero-order valence-electron chi connectivity index (χ0n) is 26.1. The molecule has 1 aromatic heterocycles. The minimum absolute atomic E-state index is 0.368. The van der Waals surface area contributed by atoms with Crippen LogP contribution in [0.4, 0.5) is 0 Å². The summed E-state index contributed by atoms with van der Waals surface area (Å²) in [6.07, 6.45) is 0. The van der Waals surface area contributed by atoms with E-state index in [1.54, 1.807) is 0 Å². The Bertz CT molecular complexity index is 2350. The molecule has 0 radical (unpaired) electrons. The van der Waals surface area contributed by atoms with Gasteiger partial charge in [0.2, 0.25) is 0 Å². The lowest BCUT2D eigenvalue weighted by atomic mass is 9.95. The van der Waals surface area contributed by atoms with Crippen LogP contribution >= 0.6 is 0 Å². The van der Waals surface area contributed by atoms with E-state index in [9.17, 15) is 10.5 Å². The molecule has 3 nitrogen and oxygen atoms in total. The molecule has 0 atom stereocenters. The summed E-state index contributed by atoms with van der Waals surface area (Å²) < 4.78 is 2.11. The van der Waals surface area contributed by atoms with E-state index < -0.39 is 8.07 Å². The third-order valence-corrected chi connectivity index (χ3v) is 14.3. The van der Waals surface area contributed by atoms with E-state index in [4.69, 9.17) is 0 Å². The second-order valence-electron chi connectivity index (χ2n) is 11.9. The molecule has 4 heteroatoms. The second-order valence-corrected chi connectivity index (χ2v) is 15.7. The van der Waals surface area contributed by atoms with Crippen LogP contribution in [-0.4, -0.2) is 12.6 Å². The number of hydrogen-bond acceptors (Lipinski definition) is 2. The number of nitriles is 2. The lowest BCUT2D eigenvalue weighted by Gasteiger charge is -2.34. The highest BCUT2D eigenvalue weighted by Crippen LogP contribution is 2.36. The van der Waals surface area contributed by atoms with Crippen molar-refractivity contribution in [1.29, 1.82) is 10.5 Å². The van der Waals surface area contributed by atoms with E-state index in [-0.39, 0.29) is 0 Å². The molecule has 0 bridgehead atoms. The lowest BCUT2D eigenvalue weighted by molar-refractivity contribution is 1.16. The second kappa shape index (κ2) is 12.0. The van der Waals surface area contributed by atoms with E-state index in [1.165, 1.54) is 20.7 Å². The van der Waals surface area contributed by atoms with Gasteiger partial charge in [0.1, 0.15) is 12.1 Å². The van der Waals surface area contributed by atoms with Crippen LogP contribution in [0.1, 0.15) is 11.1 Å². The fourth-order valence-corrected chi connectivity index (χ4v) is 12.1. The minimum atomic E-state index is -2.68. The molecular formula is C44H29N3Si. The van der Waals surface area contributed by atoms with Gasteiger partial charge < -0.3 is 4.57 Å². The van der Waals surface area contributed by atoms with Crippen LogP contribution in [0.2, 0.25) is 0 Å². The minimum Gasteiger partial charge on any atom is -0.308 e. The first-order valence-electron chi connectivity index (χ1n) is 16.0. The van der Waals surface area contributed by atoms with Gasteiger partial charge in [0.25, 0.3) is 0 Å². The molecule has 0 saturated heterocycles. The van der Waals surface area contributed by atoms with Crippen LogP contribution in [0.5, 0.6) is 0 Å². The molecule has 0 saturated carbocycles. The molecule has 48 heavy (non-hydrogen) atoms. The Morgan fingerprint density at radius 2 is 0.812 bits per heavy atom. The highest BCUT2D eigenvalue weighted by atomic mass is 28.3. The standard InChI is InChI=1S/C44H29N3Si/c45-30-40-37(28-29-44(41(40)31-46)47-42-22-12-10-20-38(42)39-21-11-13-23-43(39)47)32-24-26-36(27-25-32)48(33-14-4-1-5-15-33,34-16-6-2-7-17-34)35-18-8-3-9-19-35/h1-29H. The van der Waals surface area contributed by atoms with Crippen molar-refractivity contribution >= 4 is 50.6 Å². The normalized spacial score (nSPS) is 11.3. The zero-order chi connectivity index (χ0) is 32.5. The van der Waals surface area contributed by atoms with Crippen molar-refractivity contribution in [3.05, 3.63) is 187 Å². The molecule has 1 heterocycles. The molecule has 0 spiro atoms. The number of para-hydroxylation sites is 2. The quantitative estimate of drug-likeness (QED) is 0.141. The molecule has 0 aliphatic carbocycles. The summed E-state index contributed by atoms with van der Waals surface area (Å²) in [5, 5.41) is 28.5. The largest absolute Gasteiger partial charge is 0.308 e. The lowest BCUT2D eigenvalue weighted by Crippen LogP contribution is -2.74. The zero-order valence-corrected chi connectivity index (χ0v) is 27.1. The predicted molar refractivity (Wildman–Crippen MR) is 199 cm³/mol. The molecule has 0 unspecified atom stereocenters. The maximum atomic E-state index is 10.6. The Labute approximate surface area is 280 Å². The van der Waals surface area contributed by atoms with Crippen molar-refractivity contribution in [1.82, 2.24) is 4.57 Å². The van der Waals surface area contributed by atoms with Gasteiger partial charge in [-0.2, -0.15) is 10.5 Å². The van der Waals surface area contributed by atoms with E-state index in [2.05, 4.69) is 156 Å². The monoisotopic (exact) mass is 627 g/mol. The average Bonchev–Trinajstić information content (AvgIpc) is 3.50. The fourth-order valence-electron chi connectivity index (χ4n) is 7.39. The number of hydrogen-bond donors (Lipinski definition) is 0. The summed E-state index contributed by atoms with van der Waals surface area (Å²) in [5.74, 6) is 0.